The number of anilines is 1. The molecule has 0 saturated heterocycles. The number of aromatic nitrogens is 2. The summed E-state index contributed by atoms with van der Waals surface area (Å²) in [4.78, 5) is 16.1. The van der Waals surface area contributed by atoms with Crippen LogP contribution in [0.15, 0.2) is 28.8 Å². The minimum Gasteiger partial charge on any atom is -0.339 e. The lowest BCUT2D eigenvalue weighted by molar-refractivity contribution is -0.122. The lowest BCUT2D eigenvalue weighted by atomic mass is 9.85. The predicted molar refractivity (Wildman–Crippen MR) is 70.4 cm³/mol. The molecule has 5 nitrogen and oxygen atoms in total. The quantitative estimate of drug-likeness (QED) is 0.918. The zero-order valence-corrected chi connectivity index (χ0v) is 10.7. The van der Waals surface area contributed by atoms with Crippen molar-refractivity contribution in [1.29, 1.82) is 0 Å². The van der Waals surface area contributed by atoms with Gasteiger partial charge in [-0.2, -0.15) is 4.98 Å². The van der Waals surface area contributed by atoms with E-state index < -0.39 is 0 Å². The maximum atomic E-state index is 11.9. The molecular weight excluding hydrogens is 242 g/mol. The fourth-order valence-electron chi connectivity index (χ4n) is 2.07. The van der Waals surface area contributed by atoms with Crippen molar-refractivity contribution in [3.05, 3.63) is 30.2 Å². The molecule has 2 aromatic rings. The zero-order chi connectivity index (χ0) is 13.2. The number of aryl methyl sites for hydroxylation is 1. The van der Waals surface area contributed by atoms with Gasteiger partial charge in [0.15, 0.2) is 0 Å². The highest BCUT2D eigenvalue weighted by molar-refractivity contribution is 5.93. The summed E-state index contributed by atoms with van der Waals surface area (Å²) in [5.41, 5.74) is 1.61. The van der Waals surface area contributed by atoms with Gasteiger partial charge in [-0.05, 0) is 25.0 Å². The standard InChI is InChI=1S/C14H15N3O2/c1-9-15-13(17-19-9)11-6-3-7-12(8-11)16-14(18)10-4-2-5-10/h3,6-8,10H,2,4-5H2,1H3,(H,16,18). The first-order valence-electron chi connectivity index (χ1n) is 6.44. The number of hydrogen-bond acceptors (Lipinski definition) is 4. The Labute approximate surface area is 111 Å². The Balaban J connectivity index is 1.77. The monoisotopic (exact) mass is 257 g/mol. The fraction of sp³-hybridized carbons (Fsp3) is 0.357. The van der Waals surface area contributed by atoms with Gasteiger partial charge in [0.2, 0.25) is 17.6 Å². The van der Waals surface area contributed by atoms with Gasteiger partial charge in [-0.15, -0.1) is 0 Å². The molecule has 0 aliphatic heterocycles. The average molecular weight is 257 g/mol. The lowest BCUT2D eigenvalue weighted by Gasteiger charge is -2.24. The van der Waals surface area contributed by atoms with E-state index in [-0.39, 0.29) is 11.8 Å². The number of carbonyl (C=O) groups excluding carboxylic acids is 1. The molecule has 1 amide bonds. The maximum Gasteiger partial charge on any atom is 0.227 e. The minimum absolute atomic E-state index is 0.104. The zero-order valence-electron chi connectivity index (χ0n) is 10.7. The molecule has 1 saturated carbocycles. The summed E-state index contributed by atoms with van der Waals surface area (Å²) in [6.45, 7) is 1.75. The Bertz CT molecular complexity index is 602. The van der Waals surface area contributed by atoms with Gasteiger partial charge in [0.1, 0.15) is 0 Å². The summed E-state index contributed by atoms with van der Waals surface area (Å²) in [5.74, 6) is 1.35. The van der Waals surface area contributed by atoms with E-state index in [2.05, 4.69) is 15.5 Å². The fourth-order valence-corrected chi connectivity index (χ4v) is 2.07. The Morgan fingerprint density at radius 1 is 1.42 bits per heavy atom. The number of rotatable bonds is 3. The molecule has 98 valence electrons. The maximum absolute atomic E-state index is 11.9. The summed E-state index contributed by atoms with van der Waals surface area (Å²) in [6.07, 6.45) is 3.14. The van der Waals surface area contributed by atoms with Crippen LogP contribution in [0.2, 0.25) is 0 Å². The molecule has 0 atom stereocenters. The molecule has 1 aliphatic carbocycles. The van der Waals surface area contributed by atoms with Crippen molar-refractivity contribution in [2.45, 2.75) is 26.2 Å². The Hall–Kier alpha value is -2.17. The van der Waals surface area contributed by atoms with Crippen LogP contribution >= 0.6 is 0 Å². The van der Waals surface area contributed by atoms with Crippen LogP contribution in [-0.4, -0.2) is 16.0 Å². The average Bonchev–Trinajstić information content (AvgIpc) is 2.74. The van der Waals surface area contributed by atoms with Crippen LogP contribution in [0.3, 0.4) is 0 Å². The first-order valence-corrected chi connectivity index (χ1v) is 6.44. The van der Waals surface area contributed by atoms with E-state index in [0.717, 1.165) is 30.5 Å². The van der Waals surface area contributed by atoms with Gasteiger partial charge >= 0.3 is 0 Å². The van der Waals surface area contributed by atoms with Gasteiger partial charge in [-0.3, -0.25) is 4.79 Å². The molecule has 0 bridgehead atoms. The second-order valence-corrected chi connectivity index (χ2v) is 4.83. The summed E-state index contributed by atoms with van der Waals surface area (Å²) in [5, 5.41) is 6.81. The van der Waals surface area contributed by atoms with Crippen molar-refractivity contribution in [1.82, 2.24) is 10.1 Å². The summed E-state index contributed by atoms with van der Waals surface area (Å²) in [6, 6.07) is 7.49. The summed E-state index contributed by atoms with van der Waals surface area (Å²) in [7, 11) is 0. The van der Waals surface area contributed by atoms with Gasteiger partial charge in [0, 0.05) is 24.1 Å². The highest BCUT2D eigenvalue weighted by Crippen LogP contribution is 2.28. The largest absolute Gasteiger partial charge is 0.339 e. The van der Waals surface area contributed by atoms with Crippen molar-refractivity contribution in [2.75, 3.05) is 5.32 Å². The molecule has 0 radical (unpaired) electrons. The Kier molecular flexibility index (Phi) is 3.03. The minimum atomic E-state index is 0.104. The molecule has 1 aromatic carbocycles. The molecule has 1 N–H and O–H groups in total. The van der Waals surface area contributed by atoms with Crippen LogP contribution in [0, 0.1) is 12.8 Å². The normalized spacial score (nSPS) is 15.0. The van der Waals surface area contributed by atoms with E-state index in [1.165, 1.54) is 0 Å². The van der Waals surface area contributed by atoms with Crippen molar-refractivity contribution >= 4 is 11.6 Å². The molecule has 19 heavy (non-hydrogen) atoms. The van der Waals surface area contributed by atoms with Crippen LogP contribution < -0.4 is 5.32 Å². The van der Waals surface area contributed by atoms with Crippen LogP contribution in [0.4, 0.5) is 5.69 Å². The molecule has 1 aromatic heterocycles. The molecular formula is C14H15N3O2. The van der Waals surface area contributed by atoms with Crippen molar-refractivity contribution < 1.29 is 9.32 Å². The van der Waals surface area contributed by atoms with Crippen LogP contribution in [0.1, 0.15) is 25.2 Å². The highest BCUT2D eigenvalue weighted by atomic mass is 16.5. The number of amides is 1. The van der Waals surface area contributed by atoms with Crippen LogP contribution in [-0.2, 0) is 4.79 Å². The van der Waals surface area contributed by atoms with Gasteiger partial charge < -0.3 is 9.84 Å². The van der Waals surface area contributed by atoms with E-state index in [9.17, 15) is 4.79 Å². The topological polar surface area (TPSA) is 68.0 Å². The number of carbonyl (C=O) groups is 1. The predicted octanol–water partition coefficient (Wildman–Crippen LogP) is 2.78. The van der Waals surface area contributed by atoms with E-state index >= 15 is 0 Å². The number of nitrogens with one attached hydrogen (secondary N) is 1. The number of benzene rings is 1. The van der Waals surface area contributed by atoms with Crippen molar-refractivity contribution in [3.63, 3.8) is 0 Å². The van der Waals surface area contributed by atoms with E-state index in [1.807, 2.05) is 24.3 Å². The van der Waals surface area contributed by atoms with E-state index in [4.69, 9.17) is 4.52 Å². The summed E-state index contributed by atoms with van der Waals surface area (Å²) >= 11 is 0. The number of hydrogen-bond donors (Lipinski definition) is 1. The second kappa shape index (κ2) is 4.84. The third kappa shape index (κ3) is 2.50. The molecule has 1 aliphatic rings. The van der Waals surface area contributed by atoms with E-state index in [0.29, 0.717) is 11.7 Å². The summed E-state index contributed by atoms with van der Waals surface area (Å²) < 4.78 is 4.96. The number of nitrogens with zero attached hydrogens (tertiary/aromatic N) is 2. The highest BCUT2D eigenvalue weighted by Gasteiger charge is 2.25. The van der Waals surface area contributed by atoms with E-state index in [1.54, 1.807) is 6.92 Å². The smallest absolute Gasteiger partial charge is 0.227 e. The van der Waals surface area contributed by atoms with Gasteiger partial charge in [-0.25, -0.2) is 0 Å². The van der Waals surface area contributed by atoms with Gasteiger partial charge in [0.05, 0.1) is 0 Å². The molecule has 1 fully saturated rings. The first kappa shape index (κ1) is 11.9. The lowest BCUT2D eigenvalue weighted by Crippen LogP contribution is -2.27. The van der Waals surface area contributed by atoms with Crippen molar-refractivity contribution in [2.24, 2.45) is 5.92 Å². The third-order valence-electron chi connectivity index (χ3n) is 3.39. The molecule has 1 heterocycles. The Morgan fingerprint density at radius 3 is 2.89 bits per heavy atom. The molecule has 3 rings (SSSR count). The van der Waals surface area contributed by atoms with Crippen LogP contribution in [0.25, 0.3) is 11.4 Å². The third-order valence-corrected chi connectivity index (χ3v) is 3.39. The molecule has 0 spiro atoms. The first-order chi connectivity index (χ1) is 9.22. The van der Waals surface area contributed by atoms with Crippen molar-refractivity contribution in [3.8, 4) is 11.4 Å². The SMILES string of the molecule is Cc1nc(-c2cccc(NC(=O)C3CCC3)c2)no1. The van der Waals surface area contributed by atoms with Gasteiger partial charge in [0.25, 0.3) is 0 Å². The second-order valence-electron chi connectivity index (χ2n) is 4.83. The van der Waals surface area contributed by atoms with Gasteiger partial charge in [-0.1, -0.05) is 23.7 Å². The molecule has 0 unspecified atom stereocenters. The Morgan fingerprint density at radius 2 is 2.26 bits per heavy atom. The van der Waals surface area contributed by atoms with Crippen LogP contribution in [0.5, 0.6) is 0 Å². The molecule has 5 heteroatoms.